The number of carbonyl (C=O) groups is 1. The summed E-state index contributed by atoms with van der Waals surface area (Å²) in [6.45, 7) is 4.49. The van der Waals surface area contributed by atoms with Crippen LogP contribution in [0, 0.1) is 6.92 Å². The summed E-state index contributed by atoms with van der Waals surface area (Å²) < 4.78 is 0. The summed E-state index contributed by atoms with van der Waals surface area (Å²) >= 11 is 0. The maximum atomic E-state index is 10.5. The van der Waals surface area contributed by atoms with Gasteiger partial charge < -0.3 is 10.0 Å². The zero-order valence-electron chi connectivity index (χ0n) is 8.40. The maximum absolute atomic E-state index is 10.5. The van der Waals surface area contributed by atoms with Crippen LogP contribution in [-0.2, 0) is 4.79 Å². The maximum Gasteiger partial charge on any atom is 0.323 e. The zero-order valence-corrected chi connectivity index (χ0v) is 8.40. The van der Waals surface area contributed by atoms with Crippen molar-refractivity contribution in [1.29, 1.82) is 0 Å². The van der Waals surface area contributed by atoms with Crippen LogP contribution >= 0.6 is 0 Å². The Morgan fingerprint density at radius 1 is 1.57 bits per heavy atom. The average Bonchev–Trinajstić information content (AvgIpc) is 2.15. The zero-order chi connectivity index (χ0) is 10.6. The molecule has 1 aromatic rings. The number of likely N-dealkylation sites (N-methyl/N-ethyl adjacent to an activating group) is 1. The lowest BCUT2D eigenvalue weighted by Crippen LogP contribution is -2.29. The van der Waals surface area contributed by atoms with E-state index in [2.05, 4.69) is 4.98 Å². The van der Waals surface area contributed by atoms with E-state index in [1.54, 1.807) is 11.1 Å². The molecule has 4 nitrogen and oxygen atoms in total. The highest BCUT2D eigenvalue weighted by Crippen LogP contribution is 2.09. The third kappa shape index (κ3) is 2.73. The van der Waals surface area contributed by atoms with Crippen LogP contribution in [0.25, 0.3) is 0 Å². The second kappa shape index (κ2) is 4.60. The van der Waals surface area contributed by atoms with Gasteiger partial charge in [-0.1, -0.05) is 6.07 Å². The first-order valence-corrected chi connectivity index (χ1v) is 4.53. The van der Waals surface area contributed by atoms with E-state index < -0.39 is 5.97 Å². The summed E-state index contributed by atoms with van der Waals surface area (Å²) in [7, 11) is 0. The number of nitrogens with zero attached hydrogens (tertiary/aromatic N) is 2. The molecule has 76 valence electrons. The molecule has 1 N–H and O–H groups in total. The quantitative estimate of drug-likeness (QED) is 0.785. The molecule has 0 radical (unpaired) electrons. The fraction of sp³-hybridized carbons (Fsp3) is 0.400. The summed E-state index contributed by atoms with van der Waals surface area (Å²) in [6, 6.07) is 3.76. The fourth-order valence-corrected chi connectivity index (χ4v) is 1.17. The first-order chi connectivity index (χ1) is 6.63. The van der Waals surface area contributed by atoms with E-state index in [-0.39, 0.29) is 6.54 Å². The molecule has 14 heavy (non-hydrogen) atoms. The minimum atomic E-state index is -0.839. The van der Waals surface area contributed by atoms with E-state index in [1.807, 2.05) is 26.0 Å². The van der Waals surface area contributed by atoms with Crippen molar-refractivity contribution in [2.24, 2.45) is 0 Å². The molecule has 1 rings (SSSR count). The highest BCUT2D eigenvalue weighted by molar-refractivity contribution is 5.73. The predicted octanol–water partition coefficient (Wildman–Crippen LogP) is 1.30. The third-order valence-corrected chi connectivity index (χ3v) is 1.93. The van der Waals surface area contributed by atoms with Crippen LogP contribution in [0.4, 0.5) is 5.82 Å². The molecule has 1 heterocycles. The van der Waals surface area contributed by atoms with Crippen molar-refractivity contribution in [3.8, 4) is 0 Å². The van der Waals surface area contributed by atoms with Gasteiger partial charge in [-0.2, -0.15) is 0 Å². The summed E-state index contributed by atoms with van der Waals surface area (Å²) in [5.74, 6) is -0.130. The van der Waals surface area contributed by atoms with Gasteiger partial charge in [0.15, 0.2) is 0 Å². The van der Waals surface area contributed by atoms with Gasteiger partial charge in [0, 0.05) is 12.7 Å². The van der Waals surface area contributed by atoms with Crippen LogP contribution in [0.5, 0.6) is 0 Å². The third-order valence-electron chi connectivity index (χ3n) is 1.93. The molecule has 0 unspecified atom stereocenters. The molecule has 0 aliphatic heterocycles. The summed E-state index contributed by atoms with van der Waals surface area (Å²) in [5.41, 5.74) is 1.07. The largest absolute Gasteiger partial charge is 0.480 e. The first kappa shape index (κ1) is 10.5. The Morgan fingerprint density at radius 2 is 2.29 bits per heavy atom. The molecule has 0 aromatic carbocycles. The van der Waals surface area contributed by atoms with Gasteiger partial charge in [0.05, 0.1) is 0 Å². The van der Waals surface area contributed by atoms with Crippen LogP contribution in [0.15, 0.2) is 18.3 Å². The number of aryl methyl sites for hydroxylation is 1. The van der Waals surface area contributed by atoms with Crippen molar-refractivity contribution in [3.63, 3.8) is 0 Å². The lowest BCUT2D eigenvalue weighted by molar-refractivity contribution is -0.135. The topological polar surface area (TPSA) is 53.4 Å². The van der Waals surface area contributed by atoms with E-state index in [0.29, 0.717) is 12.4 Å². The minimum absolute atomic E-state index is 0.00738. The van der Waals surface area contributed by atoms with Gasteiger partial charge >= 0.3 is 5.97 Å². The van der Waals surface area contributed by atoms with E-state index >= 15 is 0 Å². The average molecular weight is 194 g/mol. The molecule has 0 aliphatic rings. The van der Waals surface area contributed by atoms with Crippen molar-refractivity contribution in [3.05, 3.63) is 23.9 Å². The molecule has 1 aromatic heterocycles. The number of anilines is 1. The molecule has 0 saturated heterocycles. The first-order valence-electron chi connectivity index (χ1n) is 4.53. The smallest absolute Gasteiger partial charge is 0.323 e. The Bertz CT molecular complexity index is 308. The molecule has 4 heteroatoms. The molecule has 0 aliphatic carbocycles. The molecule has 0 fully saturated rings. The van der Waals surface area contributed by atoms with Crippen molar-refractivity contribution in [1.82, 2.24) is 4.98 Å². The minimum Gasteiger partial charge on any atom is -0.480 e. The number of pyridine rings is 1. The Hall–Kier alpha value is -1.58. The number of hydrogen-bond acceptors (Lipinski definition) is 3. The summed E-state index contributed by atoms with van der Waals surface area (Å²) in [6.07, 6.45) is 1.74. The van der Waals surface area contributed by atoms with E-state index in [4.69, 9.17) is 5.11 Å². The second-order valence-corrected chi connectivity index (χ2v) is 3.10. The van der Waals surface area contributed by atoms with Gasteiger partial charge in [-0.15, -0.1) is 0 Å². The number of carboxylic acid groups (broad SMARTS) is 1. The van der Waals surface area contributed by atoms with Crippen molar-refractivity contribution in [2.75, 3.05) is 18.0 Å². The lowest BCUT2D eigenvalue weighted by atomic mass is 10.3. The van der Waals surface area contributed by atoms with Gasteiger partial charge in [0.1, 0.15) is 12.4 Å². The van der Waals surface area contributed by atoms with Crippen molar-refractivity contribution >= 4 is 11.8 Å². The number of aromatic nitrogens is 1. The van der Waals surface area contributed by atoms with E-state index in [9.17, 15) is 4.79 Å². The van der Waals surface area contributed by atoms with Gasteiger partial charge in [-0.05, 0) is 25.5 Å². The Kier molecular flexibility index (Phi) is 3.45. The predicted molar refractivity (Wildman–Crippen MR) is 54.5 cm³/mol. The van der Waals surface area contributed by atoms with Crippen LogP contribution in [0.3, 0.4) is 0 Å². The highest BCUT2D eigenvalue weighted by atomic mass is 16.4. The highest BCUT2D eigenvalue weighted by Gasteiger charge is 2.08. The van der Waals surface area contributed by atoms with Crippen LogP contribution in [0.1, 0.15) is 12.5 Å². The molecule has 0 spiro atoms. The number of hydrogen-bond donors (Lipinski definition) is 1. The molecule has 0 atom stereocenters. The molecule has 0 amide bonds. The number of rotatable bonds is 4. The summed E-state index contributed by atoms with van der Waals surface area (Å²) in [5, 5.41) is 8.66. The Morgan fingerprint density at radius 3 is 2.71 bits per heavy atom. The Labute approximate surface area is 83.2 Å². The summed E-state index contributed by atoms with van der Waals surface area (Å²) in [4.78, 5) is 16.4. The molecular weight excluding hydrogens is 180 g/mol. The SMILES string of the molecule is CCN(CC(=O)O)c1ccc(C)cn1. The van der Waals surface area contributed by atoms with E-state index in [0.717, 1.165) is 5.56 Å². The van der Waals surface area contributed by atoms with Gasteiger partial charge in [0.2, 0.25) is 0 Å². The van der Waals surface area contributed by atoms with Crippen LogP contribution in [0.2, 0.25) is 0 Å². The standard InChI is InChI=1S/C10H14N2O2/c1-3-12(7-10(13)14)9-5-4-8(2)6-11-9/h4-6H,3,7H2,1-2H3,(H,13,14). The fourth-order valence-electron chi connectivity index (χ4n) is 1.17. The monoisotopic (exact) mass is 194 g/mol. The molecule has 0 saturated carbocycles. The lowest BCUT2D eigenvalue weighted by Gasteiger charge is -2.19. The second-order valence-electron chi connectivity index (χ2n) is 3.10. The van der Waals surface area contributed by atoms with Crippen LogP contribution < -0.4 is 4.90 Å². The van der Waals surface area contributed by atoms with Crippen molar-refractivity contribution < 1.29 is 9.90 Å². The van der Waals surface area contributed by atoms with E-state index in [1.165, 1.54) is 0 Å². The van der Waals surface area contributed by atoms with Gasteiger partial charge in [-0.3, -0.25) is 4.79 Å². The molecular formula is C10H14N2O2. The normalized spacial score (nSPS) is 9.86. The number of carboxylic acids is 1. The Balaban J connectivity index is 2.78. The van der Waals surface area contributed by atoms with Crippen molar-refractivity contribution in [2.45, 2.75) is 13.8 Å². The molecule has 0 bridgehead atoms. The van der Waals surface area contributed by atoms with Gasteiger partial charge in [0.25, 0.3) is 0 Å². The van der Waals surface area contributed by atoms with Crippen LogP contribution in [-0.4, -0.2) is 29.1 Å². The number of aliphatic carboxylic acids is 1. The van der Waals surface area contributed by atoms with Gasteiger partial charge in [-0.25, -0.2) is 4.98 Å².